The Morgan fingerprint density at radius 2 is 1.70 bits per heavy atom. The zero-order valence-electron chi connectivity index (χ0n) is 21.6. The van der Waals surface area contributed by atoms with Crippen molar-refractivity contribution in [2.75, 3.05) is 17.2 Å². The van der Waals surface area contributed by atoms with E-state index in [9.17, 15) is 19.2 Å². The second-order valence-corrected chi connectivity index (χ2v) is 10.6. The number of para-hydroxylation sites is 1. The summed E-state index contributed by atoms with van der Waals surface area (Å²) in [5.41, 5.74) is 2.42. The summed E-state index contributed by atoms with van der Waals surface area (Å²) in [7, 11) is 0. The van der Waals surface area contributed by atoms with Crippen LogP contribution >= 0.6 is 22.7 Å². The van der Waals surface area contributed by atoms with Crippen molar-refractivity contribution in [3.8, 4) is 11.1 Å². The molecule has 0 fully saturated rings. The molecule has 0 aliphatic rings. The number of aryl methyl sites for hydroxylation is 1. The van der Waals surface area contributed by atoms with Crippen molar-refractivity contribution in [2.45, 2.75) is 20.4 Å². The van der Waals surface area contributed by atoms with Gasteiger partial charge in [-0.1, -0.05) is 48.5 Å². The Morgan fingerprint density at radius 1 is 1.00 bits per heavy atom. The highest BCUT2D eigenvalue weighted by atomic mass is 32.1. The predicted molar refractivity (Wildman–Crippen MR) is 157 cm³/mol. The van der Waals surface area contributed by atoms with E-state index in [1.54, 1.807) is 31.4 Å². The molecule has 0 saturated carbocycles. The molecule has 0 radical (unpaired) electrons. The number of nitrogens with one attached hydrogen (secondary N) is 2. The molecule has 0 unspecified atom stereocenters. The Bertz CT molecular complexity index is 1780. The molecule has 0 aliphatic carbocycles. The van der Waals surface area contributed by atoms with Crippen LogP contribution in [0.2, 0.25) is 0 Å². The normalized spacial score (nSPS) is 10.8. The Kier molecular flexibility index (Phi) is 7.85. The Morgan fingerprint density at radius 3 is 2.40 bits per heavy atom. The molecule has 0 bridgehead atoms. The van der Waals surface area contributed by atoms with E-state index < -0.39 is 17.4 Å². The molecule has 9 nitrogen and oxygen atoms in total. The quantitative estimate of drug-likeness (QED) is 0.235. The first-order valence-corrected chi connectivity index (χ1v) is 14.1. The third-order valence-electron chi connectivity index (χ3n) is 6.08. The number of amides is 2. The van der Waals surface area contributed by atoms with Gasteiger partial charge < -0.3 is 15.4 Å². The van der Waals surface area contributed by atoms with Crippen LogP contribution in [0.1, 0.15) is 32.5 Å². The van der Waals surface area contributed by atoms with Gasteiger partial charge in [-0.15, -0.1) is 22.7 Å². The number of anilines is 2. The van der Waals surface area contributed by atoms with Crippen molar-refractivity contribution in [1.29, 1.82) is 0 Å². The molecule has 2 aromatic carbocycles. The fourth-order valence-electron chi connectivity index (χ4n) is 4.20. The predicted octanol–water partition coefficient (Wildman–Crippen LogP) is 5.56. The lowest BCUT2D eigenvalue weighted by Gasteiger charge is -2.10. The van der Waals surface area contributed by atoms with Crippen molar-refractivity contribution in [2.24, 2.45) is 0 Å². The minimum absolute atomic E-state index is 0.183. The number of carbonyl (C=O) groups is 3. The number of thiophene rings is 2. The molecule has 3 aromatic heterocycles. The number of aromatic nitrogens is 2. The number of ether oxygens (including phenoxy) is 1. The minimum Gasteiger partial charge on any atom is -0.462 e. The van der Waals surface area contributed by atoms with Gasteiger partial charge in [0.2, 0.25) is 5.91 Å². The lowest BCUT2D eigenvalue weighted by molar-refractivity contribution is -0.116. The van der Waals surface area contributed by atoms with Crippen LogP contribution < -0.4 is 16.2 Å². The maximum Gasteiger partial charge on any atom is 0.341 e. The van der Waals surface area contributed by atoms with Crippen LogP contribution in [0, 0.1) is 6.92 Å². The molecule has 0 spiro atoms. The highest BCUT2D eigenvalue weighted by Crippen LogP contribution is 2.36. The van der Waals surface area contributed by atoms with Gasteiger partial charge in [0.1, 0.15) is 21.9 Å². The van der Waals surface area contributed by atoms with Crippen LogP contribution in [0.5, 0.6) is 0 Å². The molecule has 3 heterocycles. The summed E-state index contributed by atoms with van der Waals surface area (Å²) >= 11 is 2.32. The van der Waals surface area contributed by atoms with E-state index in [-0.39, 0.29) is 30.0 Å². The topological polar surface area (TPSA) is 119 Å². The van der Waals surface area contributed by atoms with Gasteiger partial charge >= 0.3 is 5.97 Å². The van der Waals surface area contributed by atoms with Gasteiger partial charge in [0.15, 0.2) is 0 Å². The summed E-state index contributed by atoms with van der Waals surface area (Å²) in [6.07, 6.45) is 1.29. The maximum atomic E-state index is 13.3. The van der Waals surface area contributed by atoms with Gasteiger partial charge in [0.25, 0.3) is 11.5 Å². The van der Waals surface area contributed by atoms with Gasteiger partial charge in [-0.25, -0.2) is 9.78 Å². The molecule has 5 rings (SSSR count). The van der Waals surface area contributed by atoms with Crippen molar-refractivity contribution < 1.29 is 19.1 Å². The molecule has 40 heavy (non-hydrogen) atoms. The van der Waals surface area contributed by atoms with E-state index in [2.05, 4.69) is 15.6 Å². The van der Waals surface area contributed by atoms with Crippen LogP contribution in [0.25, 0.3) is 21.3 Å². The number of hydrogen-bond acceptors (Lipinski definition) is 8. The Balaban J connectivity index is 1.39. The first kappa shape index (κ1) is 27.0. The van der Waals surface area contributed by atoms with E-state index in [1.807, 2.05) is 48.5 Å². The zero-order chi connectivity index (χ0) is 28.2. The Labute approximate surface area is 237 Å². The number of fused-ring (bicyclic) bond motifs is 1. The third kappa shape index (κ3) is 5.42. The number of hydrogen-bond donors (Lipinski definition) is 2. The van der Waals surface area contributed by atoms with Crippen molar-refractivity contribution in [3.63, 3.8) is 0 Å². The van der Waals surface area contributed by atoms with Gasteiger partial charge in [-0.2, -0.15) is 0 Å². The van der Waals surface area contributed by atoms with E-state index >= 15 is 0 Å². The number of rotatable bonds is 8. The third-order valence-corrected chi connectivity index (χ3v) is 8.17. The molecule has 2 N–H and O–H groups in total. The zero-order valence-corrected chi connectivity index (χ0v) is 23.2. The van der Waals surface area contributed by atoms with E-state index in [0.29, 0.717) is 31.5 Å². The number of nitrogens with zero attached hydrogens (tertiary/aromatic N) is 2. The first-order chi connectivity index (χ1) is 19.4. The van der Waals surface area contributed by atoms with Crippen LogP contribution in [0.3, 0.4) is 0 Å². The van der Waals surface area contributed by atoms with Crippen molar-refractivity contribution in [1.82, 2.24) is 9.55 Å². The molecule has 0 atom stereocenters. The summed E-state index contributed by atoms with van der Waals surface area (Å²) in [6.45, 7) is 3.25. The average Bonchev–Trinajstić information content (AvgIpc) is 3.52. The molecule has 2 amide bonds. The summed E-state index contributed by atoms with van der Waals surface area (Å²) < 4.78 is 6.43. The van der Waals surface area contributed by atoms with Crippen molar-refractivity contribution in [3.05, 3.63) is 98.7 Å². The smallest absolute Gasteiger partial charge is 0.341 e. The molecule has 11 heteroatoms. The van der Waals surface area contributed by atoms with Crippen molar-refractivity contribution >= 4 is 61.4 Å². The summed E-state index contributed by atoms with van der Waals surface area (Å²) in [5, 5.41) is 7.98. The molecular weight excluding hydrogens is 548 g/mol. The highest BCUT2D eigenvalue weighted by molar-refractivity contribution is 7.20. The fourth-order valence-corrected chi connectivity index (χ4v) is 6.21. The Hall–Kier alpha value is -4.61. The second kappa shape index (κ2) is 11.6. The summed E-state index contributed by atoms with van der Waals surface area (Å²) in [5.74, 6) is -1.40. The standard InChI is InChI=1S/C29H24N4O5S2/c1-3-38-29(37)23-20(18-10-6-4-7-11-18)15-39-27(23)32-21(34)14-33-16-30-26-22(28(33)36)17(2)24(40-26)25(35)31-19-12-8-5-9-13-19/h4-13,15-16H,3,14H2,1-2H3,(H,31,35)(H,32,34). The van der Waals surface area contributed by atoms with Gasteiger partial charge in [0.05, 0.1) is 23.2 Å². The number of benzene rings is 2. The number of esters is 1. The highest BCUT2D eigenvalue weighted by Gasteiger charge is 2.24. The monoisotopic (exact) mass is 572 g/mol. The molecular formula is C29H24N4O5S2. The molecule has 0 saturated heterocycles. The average molecular weight is 573 g/mol. The lowest BCUT2D eigenvalue weighted by atomic mass is 10.0. The van der Waals surface area contributed by atoms with Crippen LogP contribution in [0.15, 0.2) is 77.2 Å². The van der Waals surface area contributed by atoms with Crippen LogP contribution in [-0.2, 0) is 16.1 Å². The summed E-state index contributed by atoms with van der Waals surface area (Å²) in [6, 6.07) is 18.4. The fraction of sp³-hybridized carbons (Fsp3) is 0.138. The van der Waals surface area contributed by atoms with E-state index in [0.717, 1.165) is 16.9 Å². The van der Waals surface area contributed by atoms with Crippen LogP contribution in [-0.4, -0.2) is 33.9 Å². The molecule has 5 aromatic rings. The first-order valence-electron chi connectivity index (χ1n) is 12.4. The molecule has 0 aliphatic heterocycles. The largest absolute Gasteiger partial charge is 0.462 e. The van der Waals surface area contributed by atoms with E-state index in [4.69, 9.17) is 4.74 Å². The van der Waals surface area contributed by atoms with Gasteiger partial charge in [-0.05, 0) is 37.1 Å². The lowest BCUT2D eigenvalue weighted by Crippen LogP contribution is -2.28. The minimum atomic E-state index is -0.548. The molecule has 202 valence electrons. The van der Waals surface area contributed by atoms with E-state index in [1.165, 1.54) is 22.2 Å². The second-order valence-electron chi connectivity index (χ2n) is 8.72. The SMILES string of the molecule is CCOC(=O)c1c(-c2ccccc2)csc1NC(=O)Cn1cnc2sc(C(=O)Nc3ccccc3)c(C)c2c1=O. The maximum absolute atomic E-state index is 13.3. The van der Waals surface area contributed by atoms with Gasteiger partial charge in [-0.3, -0.25) is 19.0 Å². The number of carbonyl (C=O) groups excluding carboxylic acids is 3. The van der Waals surface area contributed by atoms with Gasteiger partial charge in [0, 0.05) is 16.6 Å². The van der Waals surface area contributed by atoms with Crippen LogP contribution in [0.4, 0.5) is 10.7 Å². The summed E-state index contributed by atoms with van der Waals surface area (Å²) in [4.78, 5) is 57.2.